The SMILES string of the molecule is COC[C@@H](COc1ccc(C(C)(C)c2ccc(OC[C@H](O)CCl)cc2)cc1)OI. The Morgan fingerprint density at radius 1 is 0.897 bits per heavy atom. The van der Waals surface area contributed by atoms with Crippen LogP contribution >= 0.6 is 34.6 Å². The van der Waals surface area contributed by atoms with E-state index in [9.17, 15) is 5.11 Å². The number of aliphatic hydroxyl groups is 1. The number of aliphatic hydroxyl groups excluding tert-OH is 1. The Balaban J connectivity index is 2.01. The first-order chi connectivity index (χ1) is 13.9. The molecule has 0 aliphatic carbocycles. The third-order valence-corrected chi connectivity index (χ3v) is 5.76. The molecule has 160 valence electrons. The van der Waals surface area contributed by atoms with Crippen LogP contribution in [0.4, 0.5) is 0 Å². The zero-order valence-corrected chi connectivity index (χ0v) is 19.9. The summed E-state index contributed by atoms with van der Waals surface area (Å²) in [6, 6.07) is 16.0. The number of rotatable bonds is 12. The Kier molecular flexibility index (Phi) is 9.98. The fourth-order valence-electron chi connectivity index (χ4n) is 2.81. The quantitative estimate of drug-likeness (QED) is 0.315. The summed E-state index contributed by atoms with van der Waals surface area (Å²) >= 11 is 7.45. The summed E-state index contributed by atoms with van der Waals surface area (Å²) < 4.78 is 21.7. The molecule has 0 aromatic heterocycles. The van der Waals surface area contributed by atoms with E-state index in [2.05, 4.69) is 26.0 Å². The first-order valence-corrected chi connectivity index (χ1v) is 10.8. The highest BCUT2D eigenvalue weighted by molar-refractivity contribution is 14.1. The van der Waals surface area contributed by atoms with E-state index in [0.29, 0.717) is 19.0 Å². The van der Waals surface area contributed by atoms with Crippen molar-refractivity contribution in [2.24, 2.45) is 0 Å². The number of benzene rings is 2. The third kappa shape index (κ3) is 7.29. The largest absolute Gasteiger partial charge is 0.491 e. The average molecular weight is 535 g/mol. The van der Waals surface area contributed by atoms with Gasteiger partial charge in [-0.15, -0.1) is 11.6 Å². The van der Waals surface area contributed by atoms with Crippen molar-refractivity contribution in [2.45, 2.75) is 31.5 Å². The number of alkyl halides is 1. The molecule has 29 heavy (non-hydrogen) atoms. The maximum absolute atomic E-state index is 9.50. The van der Waals surface area contributed by atoms with Gasteiger partial charge in [-0.2, -0.15) is 0 Å². The Bertz CT molecular complexity index is 721. The van der Waals surface area contributed by atoms with Crippen molar-refractivity contribution in [2.75, 3.05) is 32.8 Å². The zero-order valence-electron chi connectivity index (χ0n) is 16.9. The lowest BCUT2D eigenvalue weighted by Crippen LogP contribution is -2.23. The lowest BCUT2D eigenvalue weighted by molar-refractivity contribution is 0.0745. The molecule has 2 aromatic rings. The first-order valence-electron chi connectivity index (χ1n) is 9.37. The van der Waals surface area contributed by atoms with Gasteiger partial charge in [-0.05, 0) is 35.4 Å². The predicted molar refractivity (Wildman–Crippen MR) is 123 cm³/mol. The van der Waals surface area contributed by atoms with E-state index < -0.39 is 6.10 Å². The van der Waals surface area contributed by atoms with Gasteiger partial charge in [0.05, 0.1) is 12.5 Å². The number of ether oxygens (including phenoxy) is 3. The molecule has 0 saturated heterocycles. The molecule has 0 aliphatic rings. The van der Waals surface area contributed by atoms with E-state index >= 15 is 0 Å². The van der Waals surface area contributed by atoms with Crippen molar-refractivity contribution in [1.82, 2.24) is 0 Å². The average Bonchev–Trinajstić information content (AvgIpc) is 2.75. The van der Waals surface area contributed by atoms with Crippen LogP contribution in [-0.4, -0.2) is 50.1 Å². The molecule has 7 heteroatoms. The van der Waals surface area contributed by atoms with Crippen molar-refractivity contribution < 1.29 is 22.4 Å². The van der Waals surface area contributed by atoms with E-state index in [1.807, 2.05) is 59.4 Å². The van der Waals surface area contributed by atoms with E-state index in [1.54, 1.807) is 7.11 Å². The van der Waals surface area contributed by atoms with E-state index in [4.69, 9.17) is 28.9 Å². The minimum atomic E-state index is -0.665. The summed E-state index contributed by atoms with van der Waals surface area (Å²) in [7, 11) is 1.64. The molecular formula is C22H28ClIO5. The van der Waals surface area contributed by atoms with Crippen LogP contribution in [0.1, 0.15) is 25.0 Å². The maximum atomic E-state index is 9.50. The molecule has 0 spiro atoms. The molecule has 0 aliphatic heterocycles. The topological polar surface area (TPSA) is 57.2 Å². The molecule has 0 amide bonds. The Morgan fingerprint density at radius 2 is 1.38 bits per heavy atom. The Morgan fingerprint density at radius 3 is 1.79 bits per heavy atom. The van der Waals surface area contributed by atoms with Gasteiger partial charge in [0.2, 0.25) is 0 Å². The minimum absolute atomic E-state index is 0.108. The van der Waals surface area contributed by atoms with Gasteiger partial charge in [-0.1, -0.05) is 38.1 Å². The van der Waals surface area contributed by atoms with Crippen LogP contribution in [0.3, 0.4) is 0 Å². The summed E-state index contributed by atoms with van der Waals surface area (Å²) in [4.78, 5) is 0. The molecule has 0 heterocycles. The summed E-state index contributed by atoms with van der Waals surface area (Å²) in [5.41, 5.74) is 2.15. The van der Waals surface area contributed by atoms with E-state index in [-0.39, 0.29) is 24.0 Å². The molecule has 0 saturated carbocycles. The summed E-state index contributed by atoms with van der Waals surface area (Å²) in [5, 5.41) is 9.50. The van der Waals surface area contributed by atoms with Gasteiger partial charge >= 0.3 is 0 Å². The number of hydrogen-bond acceptors (Lipinski definition) is 5. The minimum Gasteiger partial charge on any atom is -0.491 e. The fraction of sp³-hybridized carbons (Fsp3) is 0.455. The number of halogens is 2. The third-order valence-electron chi connectivity index (χ3n) is 4.69. The standard InChI is InChI=1S/C22H28ClIO5/c1-22(2,16-4-8-19(9-5-16)27-13-18(25)12-23)17-6-10-20(11-7-17)28-15-21(29-24)14-26-3/h4-11,18,21,25H,12-15H2,1-3H3/t18-,21+/m1/s1. The molecule has 0 fully saturated rings. The monoisotopic (exact) mass is 534 g/mol. The van der Waals surface area contributed by atoms with Crippen molar-refractivity contribution in [1.29, 1.82) is 0 Å². The highest BCUT2D eigenvalue weighted by Crippen LogP contribution is 2.33. The van der Waals surface area contributed by atoms with Gasteiger partial charge in [0, 0.05) is 12.5 Å². The Hall–Kier alpha value is -1.06. The van der Waals surface area contributed by atoms with Gasteiger partial charge in [-0.25, -0.2) is 0 Å². The van der Waals surface area contributed by atoms with E-state index in [1.165, 1.54) is 5.56 Å². The van der Waals surface area contributed by atoms with Crippen LogP contribution in [0.2, 0.25) is 0 Å². The van der Waals surface area contributed by atoms with Gasteiger partial charge in [0.25, 0.3) is 0 Å². The predicted octanol–water partition coefficient (Wildman–Crippen LogP) is 4.75. The van der Waals surface area contributed by atoms with E-state index in [0.717, 1.165) is 11.3 Å². The fourth-order valence-corrected chi connectivity index (χ4v) is 3.20. The van der Waals surface area contributed by atoms with Crippen molar-refractivity contribution >= 4 is 34.6 Å². The highest BCUT2D eigenvalue weighted by Gasteiger charge is 2.23. The van der Waals surface area contributed by atoms with Gasteiger partial charge < -0.3 is 22.4 Å². The maximum Gasteiger partial charge on any atom is 0.127 e. The van der Waals surface area contributed by atoms with Gasteiger partial charge in [0.1, 0.15) is 59.9 Å². The molecule has 1 N–H and O–H groups in total. The second-order valence-electron chi connectivity index (χ2n) is 7.27. The molecule has 2 atom stereocenters. The lowest BCUT2D eigenvalue weighted by Gasteiger charge is -2.26. The first kappa shape index (κ1) is 24.2. The van der Waals surface area contributed by atoms with Crippen LogP contribution < -0.4 is 9.47 Å². The molecular weight excluding hydrogens is 507 g/mol. The van der Waals surface area contributed by atoms with Crippen LogP contribution in [-0.2, 0) is 13.2 Å². The second kappa shape index (κ2) is 12.0. The van der Waals surface area contributed by atoms with Crippen LogP contribution in [0.5, 0.6) is 11.5 Å². The second-order valence-corrected chi connectivity index (χ2v) is 8.09. The summed E-state index contributed by atoms with van der Waals surface area (Å²) in [5.74, 6) is 1.66. The summed E-state index contributed by atoms with van der Waals surface area (Å²) in [6.07, 6.45) is -0.773. The molecule has 5 nitrogen and oxygen atoms in total. The molecule has 0 bridgehead atoms. The van der Waals surface area contributed by atoms with Crippen LogP contribution in [0.15, 0.2) is 48.5 Å². The molecule has 0 radical (unpaired) electrons. The summed E-state index contributed by atoms with van der Waals surface area (Å²) in [6.45, 7) is 5.45. The normalized spacial score (nSPS) is 13.7. The zero-order chi connectivity index (χ0) is 21.3. The van der Waals surface area contributed by atoms with Gasteiger partial charge in [-0.3, -0.25) is 0 Å². The molecule has 0 unspecified atom stereocenters. The van der Waals surface area contributed by atoms with Crippen molar-refractivity contribution in [3.8, 4) is 11.5 Å². The number of methoxy groups -OCH3 is 1. The van der Waals surface area contributed by atoms with Crippen molar-refractivity contribution in [3.05, 3.63) is 59.7 Å². The smallest absolute Gasteiger partial charge is 0.127 e. The van der Waals surface area contributed by atoms with Crippen molar-refractivity contribution in [3.63, 3.8) is 0 Å². The van der Waals surface area contributed by atoms with Crippen LogP contribution in [0.25, 0.3) is 0 Å². The Labute approximate surface area is 192 Å². The van der Waals surface area contributed by atoms with Gasteiger partial charge in [0.15, 0.2) is 0 Å². The molecule has 2 rings (SSSR count). The number of hydrogen-bond donors (Lipinski definition) is 1. The lowest BCUT2D eigenvalue weighted by atomic mass is 9.78. The highest BCUT2D eigenvalue weighted by atomic mass is 127. The molecule has 2 aromatic carbocycles. The van der Waals surface area contributed by atoms with Crippen LogP contribution in [0, 0.1) is 0 Å².